The molecular formula is C31H40N4O3. The molecule has 38 heavy (non-hydrogen) atoms. The molecule has 7 heteroatoms. The third kappa shape index (κ3) is 5.48. The Balaban J connectivity index is 1.24. The number of anilines is 1. The maximum atomic E-state index is 13.7. The zero-order valence-corrected chi connectivity index (χ0v) is 22.7. The van der Waals surface area contributed by atoms with Gasteiger partial charge in [-0.1, -0.05) is 48.5 Å². The van der Waals surface area contributed by atoms with Crippen molar-refractivity contribution in [1.82, 2.24) is 15.1 Å². The number of benzene rings is 2. The minimum atomic E-state index is -0.546. The third-order valence-electron chi connectivity index (χ3n) is 8.50. The van der Waals surface area contributed by atoms with E-state index in [1.807, 2.05) is 66.1 Å². The predicted octanol–water partition coefficient (Wildman–Crippen LogP) is 3.52. The molecule has 2 aromatic rings. The van der Waals surface area contributed by atoms with Gasteiger partial charge >= 0.3 is 0 Å². The van der Waals surface area contributed by atoms with Crippen LogP contribution in [0, 0.1) is 0 Å². The van der Waals surface area contributed by atoms with Crippen molar-refractivity contribution in [3.63, 3.8) is 0 Å². The highest BCUT2D eigenvalue weighted by Gasteiger charge is 2.46. The number of nitrogens with one attached hydrogen (secondary N) is 1. The summed E-state index contributed by atoms with van der Waals surface area (Å²) in [7, 11) is 0. The molecule has 0 spiro atoms. The van der Waals surface area contributed by atoms with Gasteiger partial charge in [0.15, 0.2) is 0 Å². The largest absolute Gasteiger partial charge is 0.343 e. The Hall–Kier alpha value is -3.19. The van der Waals surface area contributed by atoms with E-state index in [2.05, 4.69) is 22.3 Å². The first-order valence-electron chi connectivity index (χ1n) is 14.1. The summed E-state index contributed by atoms with van der Waals surface area (Å²) in [6.07, 6.45) is 5.01. The Morgan fingerprint density at radius 2 is 1.61 bits per heavy atom. The standard InChI is InChI=1S/C31H40N4O3/c1-31(2)25-12-6-7-13-27(25)35(30(31)38)24-16-20-34(21-17-24)29(37)26(15-14-23-10-4-3-5-11-23)32-28(36)22-33-18-8-9-19-33/h3-7,10-13,24,26H,8-9,14-22H2,1-2H3,(H,32,36). The molecule has 3 aliphatic rings. The number of hydrogen-bond acceptors (Lipinski definition) is 4. The van der Waals surface area contributed by atoms with Crippen LogP contribution in [0.1, 0.15) is 57.1 Å². The number of fused-ring (bicyclic) bond motifs is 1. The van der Waals surface area contributed by atoms with Gasteiger partial charge in [0, 0.05) is 24.8 Å². The highest BCUT2D eigenvalue weighted by Crippen LogP contribution is 2.43. The predicted molar refractivity (Wildman–Crippen MR) is 149 cm³/mol. The van der Waals surface area contributed by atoms with E-state index in [1.54, 1.807) is 0 Å². The first-order valence-corrected chi connectivity index (χ1v) is 14.1. The molecule has 1 N–H and O–H groups in total. The van der Waals surface area contributed by atoms with Crippen LogP contribution >= 0.6 is 0 Å². The fourth-order valence-corrected chi connectivity index (χ4v) is 6.26. The van der Waals surface area contributed by atoms with Crippen LogP contribution in [0.25, 0.3) is 0 Å². The second-order valence-electron chi connectivity index (χ2n) is 11.5. The molecule has 0 aliphatic carbocycles. The molecule has 2 saturated heterocycles. The van der Waals surface area contributed by atoms with Crippen molar-refractivity contribution in [2.45, 2.75) is 69.9 Å². The van der Waals surface area contributed by atoms with E-state index in [4.69, 9.17) is 0 Å². The molecule has 1 atom stereocenters. The number of amides is 3. The van der Waals surface area contributed by atoms with Crippen LogP contribution in [0.4, 0.5) is 5.69 Å². The summed E-state index contributed by atoms with van der Waals surface area (Å²) in [5.41, 5.74) is 2.70. The van der Waals surface area contributed by atoms with E-state index in [1.165, 1.54) is 0 Å². The second-order valence-corrected chi connectivity index (χ2v) is 11.5. The van der Waals surface area contributed by atoms with Crippen LogP contribution < -0.4 is 10.2 Å². The van der Waals surface area contributed by atoms with Gasteiger partial charge in [-0.25, -0.2) is 0 Å². The Morgan fingerprint density at radius 3 is 2.32 bits per heavy atom. The monoisotopic (exact) mass is 516 g/mol. The van der Waals surface area contributed by atoms with Crippen molar-refractivity contribution in [2.75, 3.05) is 37.6 Å². The van der Waals surface area contributed by atoms with Crippen LogP contribution in [0.15, 0.2) is 54.6 Å². The number of aryl methyl sites for hydroxylation is 1. The first kappa shape index (κ1) is 26.4. The molecule has 202 valence electrons. The summed E-state index contributed by atoms with van der Waals surface area (Å²) in [6.45, 7) is 7.39. The van der Waals surface area contributed by atoms with Crippen molar-refractivity contribution in [2.24, 2.45) is 0 Å². The fraction of sp³-hybridized carbons (Fsp3) is 0.516. The Morgan fingerprint density at radius 1 is 0.947 bits per heavy atom. The summed E-state index contributed by atoms with van der Waals surface area (Å²) in [5.74, 6) is 0.0516. The van der Waals surface area contributed by atoms with Gasteiger partial charge < -0.3 is 15.1 Å². The molecular weight excluding hydrogens is 476 g/mol. The lowest BCUT2D eigenvalue weighted by Crippen LogP contribution is -2.55. The molecule has 3 aliphatic heterocycles. The topological polar surface area (TPSA) is 73.0 Å². The Bertz CT molecular complexity index is 1150. The number of carbonyl (C=O) groups is 3. The lowest BCUT2D eigenvalue weighted by Gasteiger charge is -2.38. The van der Waals surface area contributed by atoms with Crippen molar-refractivity contribution < 1.29 is 14.4 Å². The van der Waals surface area contributed by atoms with Crippen LogP contribution in [-0.4, -0.2) is 72.3 Å². The van der Waals surface area contributed by atoms with Crippen LogP contribution in [-0.2, 0) is 26.2 Å². The molecule has 3 heterocycles. The van der Waals surface area contributed by atoms with Gasteiger partial charge in [-0.15, -0.1) is 0 Å². The summed E-state index contributed by atoms with van der Waals surface area (Å²) < 4.78 is 0. The van der Waals surface area contributed by atoms with E-state index in [-0.39, 0.29) is 23.8 Å². The Kier molecular flexibility index (Phi) is 7.84. The maximum Gasteiger partial charge on any atom is 0.245 e. The molecule has 3 amide bonds. The number of nitrogens with zero attached hydrogens (tertiary/aromatic N) is 3. The minimum absolute atomic E-state index is 0.0115. The highest BCUT2D eigenvalue weighted by atomic mass is 16.2. The van der Waals surface area contributed by atoms with E-state index in [0.29, 0.717) is 26.1 Å². The van der Waals surface area contributed by atoms with Crippen molar-refractivity contribution in [1.29, 1.82) is 0 Å². The van der Waals surface area contributed by atoms with Gasteiger partial charge in [-0.2, -0.15) is 0 Å². The maximum absolute atomic E-state index is 13.7. The van der Waals surface area contributed by atoms with Crippen LogP contribution in [0.3, 0.4) is 0 Å². The molecule has 7 nitrogen and oxygen atoms in total. The average molecular weight is 517 g/mol. The number of rotatable bonds is 8. The summed E-state index contributed by atoms with van der Waals surface area (Å²) in [6, 6.07) is 17.7. The van der Waals surface area contributed by atoms with Crippen LogP contribution in [0.2, 0.25) is 0 Å². The fourth-order valence-electron chi connectivity index (χ4n) is 6.26. The molecule has 0 saturated carbocycles. The van der Waals surface area contributed by atoms with Gasteiger partial charge in [0.05, 0.1) is 12.0 Å². The number of hydrogen-bond donors (Lipinski definition) is 1. The number of carbonyl (C=O) groups excluding carboxylic acids is 3. The SMILES string of the molecule is CC1(C)C(=O)N(C2CCN(C(=O)C(CCc3ccccc3)NC(=O)CN3CCCC3)CC2)c2ccccc21. The number of piperidine rings is 1. The average Bonchev–Trinajstić information content (AvgIpc) is 3.51. The molecule has 1 unspecified atom stereocenters. The molecule has 2 fully saturated rings. The summed E-state index contributed by atoms with van der Waals surface area (Å²) in [4.78, 5) is 46.0. The van der Waals surface area contributed by atoms with Gasteiger partial charge in [-0.05, 0) is 82.7 Å². The highest BCUT2D eigenvalue weighted by molar-refractivity contribution is 6.08. The molecule has 5 rings (SSSR count). The van der Waals surface area contributed by atoms with E-state index >= 15 is 0 Å². The smallest absolute Gasteiger partial charge is 0.245 e. The normalized spacial score (nSPS) is 20.4. The minimum Gasteiger partial charge on any atom is -0.343 e. The molecule has 0 bridgehead atoms. The van der Waals surface area contributed by atoms with E-state index < -0.39 is 11.5 Å². The third-order valence-corrected chi connectivity index (χ3v) is 8.50. The van der Waals surface area contributed by atoms with Crippen molar-refractivity contribution >= 4 is 23.4 Å². The van der Waals surface area contributed by atoms with Gasteiger partial charge in [0.25, 0.3) is 0 Å². The lowest BCUT2D eigenvalue weighted by atomic mass is 9.86. The number of likely N-dealkylation sites (tertiary alicyclic amines) is 2. The molecule has 0 aromatic heterocycles. The number of para-hydroxylation sites is 1. The van der Waals surface area contributed by atoms with Crippen molar-refractivity contribution in [3.8, 4) is 0 Å². The zero-order chi connectivity index (χ0) is 26.7. The van der Waals surface area contributed by atoms with E-state index in [9.17, 15) is 14.4 Å². The van der Waals surface area contributed by atoms with Crippen molar-refractivity contribution in [3.05, 3.63) is 65.7 Å². The summed E-state index contributed by atoms with van der Waals surface area (Å²) in [5, 5.41) is 3.07. The quantitative estimate of drug-likeness (QED) is 0.583. The molecule has 2 aromatic carbocycles. The van der Waals surface area contributed by atoms with E-state index in [0.717, 1.165) is 62.0 Å². The van der Waals surface area contributed by atoms with Gasteiger partial charge in [0.1, 0.15) is 6.04 Å². The first-order chi connectivity index (χ1) is 18.3. The summed E-state index contributed by atoms with van der Waals surface area (Å²) >= 11 is 0. The zero-order valence-electron chi connectivity index (χ0n) is 22.7. The lowest BCUT2D eigenvalue weighted by molar-refractivity contribution is -0.137. The molecule has 0 radical (unpaired) electrons. The Labute approximate surface area is 226 Å². The van der Waals surface area contributed by atoms with Gasteiger partial charge in [-0.3, -0.25) is 19.3 Å². The van der Waals surface area contributed by atoms with Gasteiger partial charge in [0.2, 0.25) is 17.7 Å². The van der Waals surface area contributed by atoms with Crippen LogP contribution in [0.5, 0.6) is 0 Å². The second kappa shape index (κ2) is 11.3.